The van der Waals surface area contributed by atoms with E-state index >= 15 is 0 Å². The number of carbonyl (C=O) groups excluding carboxylic acids is 2. The van der Waals surface area contributed by atoms with Crippen LogP contribution in [0.25, 0.3) is 0 Å². The minimum Gasteiger partial charge on any atom is -0.497 e. The van der Waals surface area contributed by atoms with E-state index in [0.29, 0.717) is 36.7 Å². The molecule has 0 radical (unpaired) electrons. The van der Waals surface area contributed by atoms with E-state index in [4.69, 9.17) is 18.9 Å². The fourth-order valence-electron chi connectivity index (χ4n) is 4.48. The number of esters is 1. The molecule has 6 heteroatoms. The lowest BCUT2D eigenvalue weighted by molar-refractivity contribution is -0.140. The Kier molecular flexibility index (Phi) is 9.94. The lowest BCUT2D eigenvalue weighted by atomic mass is 9.84. The van der Waals surface area contributed by atoms with Crippen molar-refractivity contribution in [2.45, 2.75) is 38.9 Å². The van der Waals surface area contributed by atoms with Crippen molar-refractivity contribution in [2.75, 3.05) is 14.2 Å². The summed E-state index contributed by atoms with van der Waals surface area (Å²) in [5.41, 5.74) is 4.29. The highest BCUT2D eigenvalue weighted by Gasteiger charge is 2.25. The molecular weight excluding hydrogens is 504 g/mol. The molecule has 0 fully saturated rings. The van der Waals surface area contributed by atoms with Gasteiger partial charge in [0.25, 0.3) is 0 Å². The third-order valence-electron chi connectivity index (χ3n) is 6.72. The summed E-state index contributed by atoms with van der Waals surface area (Å²) < 4.78 is 22.3. The molecule has 0 bridgehead atoms. The van der Waals surface area contributed by atoms with E-state index in [0.717, 1.165) is 28.0 Å². The molecule has 0 aliphatic rings. The average Bonchev–Trinajstić information content (AvgIpc) is 3.00. The topological polar surface area (TPSA) is 71.1 Å². The summed E-state index contributed by atoms with van der Waals surface area (Å²) in [5, 5.41) is 0. The van der Waals surface area contributed by atoms with Crippen LogP contribution in [0.4, 0.5) is 0 Å². The zero-order valence-corrected chi connectivity index (χ0v) is 23.1. The SMILES string of the molecule is COC(=O)CCC(C(=O)c1cc(OCc2ccccc2)cc(OCc2ccc(OC)cc2)c1)c1ccccc1C. The number of rotatable bonds is 13. The molecule has 4 aromatic rings. The minimum absolute atomic E-state index is 0.113. The Morgan fingerprint density at radius 1 is 0.700 bits per heavy atom. The van der Waals surface area contributed by atoms with Crippen LogP contribution in [0.3, 0.4) is 0 Å². The molecule has 0 spiro atoms. The van der Waals surface area contributed by atoms with E-state index in [2.05, 4.69) is 0 Å². The van der Waals surface area contributed by atoms with Crippen LogP contribution in [0.15, 0.2) is 97.1 Å². The molecule has 0 N–H and O–H groups in total. The smallest absolute Gasteiger partial charge is 0.305 e. The van der Waals surface area contributed by atoms with Crippen LogP contribution < -0.4 is 14.2 Å². The molecule has 0 heterocycles. The normalized spacial score (nSPS) is 11.4. The second kappa shape index (κ2) is 14.0. The van der Waals surface area contributed by atoms with Crippen LogP contribution in [-0.2, 0) is 22.7 Å². The van der Waals surface area contributed by atoms with Gasteiger partial charge >= 0.3 is 5.97 Å². The Balaban J connectivity index is 1.64. The lowest BCUT2D eigenvalue weighted by Crippen LogP contribution is -2.16. The van der Waals surface area contributed by atoms with Crippen molar-refractivity contribution in [3.63, 3.8) is 0 Å². The maximum absolute atomic E-state index is 14.0. The lowest BCUT2D eigenvalue weighted by Gasteiger charge is -2.19. The van der Waals surface area contributed by atoms with Crippen molar-refractivity contribution < 1.29 is 28.5 Å². The Morgan fingerprint density at radius 3 is 1.90 bits per heavy atom. The van der Waals surface area contributed by atoms with Gasteiger partial charge in [-0.1, -0.05) is 66.7 Å². The molecule has 1 atom stereocenters. The maximum atomic E-state index is 14.0. The van der Waals surface area contributed by atoms with Gasteiger partial charge in [0.2, 0.25) is 0 Å². The first-order chi connectivity index (χ1) is 19.5. The molecule has 0 aliphatic heterocycles. The Hall–Kier alpha value is -4.58. The Bertz CT molecular complexity index is 1410. The summed E-state index contributed by atoms with van der Waals surface area (Å²) in [5.74, 6) is 0.811. The molecule has 6 nitrogen and oxygen atoms in total. The van der Waals surface area contributed by atoms with E-state index in [1.807, 2.05) is 85.8 Å². The molecule has 0 aromatic heterocycles. The summed E-state index contributed by atoms with van der Waals surface area (Å²) in [7, 11) is 2.98. The molecule has 0 aliphatic carbocycles. The van der Waals surface area contributed by atoms with Gasteiger partial charge in [0.15, 0.2) is 5.78 Å². The van der Waals surface area contributed by atoms with Gasteiger partial charge in [-0.2, -0.15) is 0 Å². The van der Waals surface area contributed by atoms with Gasteiger partial charge in [-0.25, -0.2) is 0 Å². The zero-order valence-electron chi connectivity index (χ0n) is 23.1. The van der Waals surface area contributed by atoms with Crippen molar-refractivity contribution in [1.29, 1.82) is 0 Å². The highest BCUT2D eigenvalue weighted by molar-refractivity contribution is 6.02. The van der Waals surface area contributed by atoms with Gasteiger partial charge in [-0.05, 0) is 59.9 Å². The Labute approximate surface area is 235 Å². The summed E-state index contributed by atoms with van der Waals surface area (Å²) in [6.45, 7) is 2.62. The van der Waals surface area contributed by atoms with E-state index in [9.17, 15) is 9.59 Å². The standard InChI is InChI=1S/C34H34O6/c1-24-9-7-8-12-31(24)32(17-18-33(35)38-3)34(36)27-19-29(39-22-25-10-5-4-6-11-25)21-30(20-27)40-23-26-13-15-28(37-2)16-14-26/h4-16,19-21,32H,17-18,22-23H2,1-3H3. The van der Waals surface area contributed by atoms with Crippen LogP contribution in [0.2, 0.25) is 0 Å². The van der Waals surface area contributed by atoms with Gasteiger partial charge < -0.3 is 18.9 Å². The fourth-order valence-corrected chi connectivity index (χ4v) is 4.48. The quantitative estimate of drug-likeness (QED) is 0.134. The molecule has 0 amide bonds. The zero-order chi connectivity index (χ0) is 28.3. The number of hydrogen-bond donors (Lipinski definition) is 0. The summed E-state index contributed by atoms with van der Waals surface area (Å²) in [6, 6.07) is 30.5. The average molecular weight is 539 g/mol. The maximum Gasteiger partial charge on any atom is 0.305 e. The van der Waals surface area contributed by atoms with Crippen molar-refractivity contribution in [2.24, 2.45) is 0 Å². The van der Waals surface area contributed by atoms with Crippen LogP contribution in [0.1, 0.15) is 51.4 Å². The molecule has 40 heavy (non-hydrogen) atoms. The largest absolute Gasteiger partial charge is 0.497 e. The number of Topliss-reactive ketones (excluding diaryl/α,β-unsaturated/α-hetero) is 1. The monoisotopic (exact) mass is 538 g/mol. The number of benzene rings is 4. The molecule has 0 saturated heterocycles. The van der Waals surface area contributed by atoms with E-state index in [1.54, 1.807) is 25.3 Å². The van der Waals surface area contributed by atoms with Crippen LogP contribution in [0.5, 0.6) is 17.2 Å². The number of ketones is 1. The van der Waals surface area contributed by atoms with Gasteiger partial charge in [0.05, 0.1) is 14.2 Å². The molecule has 0 saturated carbocycles. The van der Waals surface area contributed by atoms with Gasteiger partial charge in [0.1, 0.15) is 30.5 Å². The first-order valence-corrected chi connectivity index (χ1v) is 13.2. The minimum atomic E-state index is -0.529. The molecule has 4 aromatic carbocycles. The third-order valence-corrected chi connectivity index (χ3v) is 6.72. The third kappa shape index (κ3) is 7.73. The van der Waals surface area contributed by atoms with E-state index in [-0.39, 0.29) is 18.2 Å². The van der Waals surface area contributed by atoms with Crippen LogP contribution >= 0.6 is 0 Å². The summed E-state index contributed by atoms with van der Waals surface area (Å²) in [6.07, 6.45) is 0.458. The van der Waals surface area contributed by atoms with E-state index in [1.165, 1.54) is 7.11 Å². The van der Waals surface area contributed by atoms with Gasteiger partial charge in [-0.15, -0.1) is 0 Å². The van der Waals surface area contributed by atoms with Crippen molar-refractivity contribution in [3.05, 3.63) is 125 Å². The van der Waals surface area contributed by atoms with Gasteiger partial charge in [0, 0.05) is 24.0 Å². The predicted molar refractivity (Wildman–Crippen MR) is 154 cm³/mol. The molecule has 1 unspecified atom stereocenters. The van der Waals surface area contributed by atoms with Crippen molar-refractivity contribution >= 4 is 11.8 Å². The summed E-state index contributed by atoms with van der Waals surface area (Å²) in [4.78, 5) is 26.0. The Morgan fingerprint density at radius 2 is 1.30 bits per heavy atom. The van der Waals surface area contributed by atoms with Crippen LogP contribution in [-0.4, -0.2) is 26.0 Å². The predicted octanol–water partition coefficient (Wildman–Crippen LogP) is 7.08. The number of carbonyl (C=O) groups is 2. The van der Waals surface area contributed by atoms with Crippen LogP contribution in [0, 0.1) is 6.92 Å². The number of methoxy groups -OCH3 is 2. The number of hydrogen-bond acceptors (Lipinski definition) is 6. The fraction of sp³-hybridized carbons (Fsp3) is 0.235. The molecule has 206 valence electrons. The van der Waals surface area contributed by atoms with Gasteiger partial charge in [-0.3, -0.25) is 9.59 Å². The second-order valence-electron chi connectivity index (χ2n) is 9.49. The molecular formula is C34H34O6. The highest BCUT2D eigenvalue weighted by Crippen LogP contribution is 2.32. The first kappa shape index (κ1) is 28.4. The second-order valence-corrected chi connectivity index (χ2v) is 9.49. The van der Waals surface area contributed by atoms with E-state index < -0.39 is 5.92 Å². The summed E-state index contributed by atoms with van der Waals surface area (Å²) >= 11 is 0. The molecule has 4 rings (SSSR count). The number of aryl methyl sites for hydroxylation is 1. The highest BCUT2D eigenvalue weighted by atomic mass is 16.5. The number of ether oxygens (including phenoxy) is 4. The van der Waals surface area contributed by atoms with Crippen molar-refractivity contribution in [3.8, 4) is 17.2 Å². The first-order valence-electron chi connectivity index (χ1n) is 13.2. The van der Waals surface area contributed by atoms with Crippen molar-refractivity contribution in [1.82, 2.24) is 0 Å².